The summed E-state index contributed by atoms with van der Waals surface area (Å²) in [4.78, 5) is 25.0. The van der Waals surface area contributed by atoms with Crippen LogP contribution in [0.3, 0.4) is 0 Å². The number of carbonyl (C=O) groups is 2. The molecule has 7 nitrogen and oxygen atoms in total. The van der Waals surface area contributed by atoms with E-state index in [9.17, 15) is 14.7 Å². The molecule has 3 aromatic rings. The number of fused-ring (bicyclic) bond motifs is 1. The van der Waals surface area contributed by atoms with Gasteiger partial charge in [-0.25, -0.2) is 9.59 Å². The minimum Gasteiger partial charge on any atom is -0.507 e. The van der Waals surface area contributed by atoms with Gasteiger partial charge in [-0.05, 0) is 55.0 Å². The molecule has 0 aliphatic heterocycles. The standard InChI is InChI=1S/C25H25NO6S/c1-3-31-22(14-15-23(28)29)24(20-12-13-21(27)19-7-5-4-6-18(19)20)32-25(30)26-16-8-10-17(33-2)11-9-16/h4-15,22,24,27H,3H2,1-2H3,(H,26,30)(H,28,29)/b15-14+/t22-,24-/m0/s1. The normalized spacial score (nSPS) is 13.0. The Kier molecular flexibility index (Phi) is 8.34. The van der Waals surface area contributed by atoms with E-state index in [1.54, 1.807) is 61.2 Å². The third kappa shape index (κ3) is 6.27. The number of nitrogens with one attached hydrogen (secondary N) is 1. The molecule has 2 atom stereocenters. The Morgan fingerprint density at radius 3 is 2.39 bits per heavy atom. The first kappa shape index (κ1) is 24.2. The lowest BCUT2D eigenvalue weighted by molar-refractivity contribution is -0.131. The maximum Gasteiger partial charge on any atom is 0.412 e. The van der Waals surface area contributed by atoms with Crippen LogP contribution in [0, 0.1) is 0 Å². The quantitative estimate of drug-likeness (QED) is 0.278. The number of phenols is 1. The van der Waals surface area contributed by atoms with Crippen molar-refractivity contribution in [2.75, 3.05) is 18.2 Å². The van der Waals surface area contributed by atoms with Crippen molar-refractivity contribution in [3.05, 3.63) is 78.4 Å². The van der Waals surface area contributed by atoms with Gasteiger partial charge in [0, 0.05) is 34.2 Å². The highest BCUT2D eigenvalue weighted by molar-refractivity contribution is 7.98. The van der Waals surface area contributed by atoms with Crippen LogP contribution < -0.4 is 5.32 Å². The van der Waals surface area contributed by atoms with Crippen LogP contribution in [0.2, 0.25) is 0 Å². The van der Waals surface area contributed by atoms with Crippen LogP contribution in [0.1, 0.15) is 18.6 Å². The van der Waals surface area contributed by atoms with Gasteiger partial charge in [0.05, 0.1) is 0 Å². The van der Waals surface area contributed by atoms with Crippen LogP contribution in [0.15, 0.2) is 77.7 Å². The fraction of sp³-hybridized carbons (Fsp3) is 0.200. The number of ether oxygens (including phenoxy) is 2. The number of aliphatic carboxylic acids is 1. The van der Waals surface area contributed by atoms with Crippen molar-refractivity contribution >= 4 is 40.3 Å². The minimum atomic E-state index is -1.15. The maximum absolute atomic E-state index is 12.8. The van der Waals surface area contributed by atoms with E-state index in [1.165, 1.54) is 12.1 Å². The number of phenolic OH excluding ortho intramolecular Hbond substituents is 1. The van der Waals surface area contributed by atoms with Gasteiger partial charge in [-0.2, -0.15) is 0 Å². The second-order valence-electron chi connectivity index (χ2n) is 7.02. The van der Waals surface area contributed by atoms with Gasteiger partial charge in [0.25, 0.3) is 0 Å². The summed E-state index contributed by atoms with van der Waals surface area (Å²) in [5, 5.41) is 23.3. The molecule has 0 heterocycles. The predicted octanol–water partition coefficient (Wildman–Crippen LogP) is 5.60. The molecular formula is C25H25NO6S. The smallest absolute Gasteiger partial charge is 0.412 e. The van der Waals surface area contributed by atoms with E-state index in [0.717, 1.165) is 11.0 Å². The van der Waals surface area contributed by atoms with Crippen LogP contribution in [0.4, 0.5) is 10.5 Å². The second-order valence-corrected chi connectivity index (χ2v) is 7.90. The van der Waals surface area contributed by atoms with Gasteiger partial charge in [0.15, 0.2) is 6.10 Å². The molecule has 0 saturated heterocycles. The van der Waals surface area contributed by atoms with Crippen molar-refractivity contribution in [3.8, 4) is 5.75 Å². The van der Waals surface area contributed by atoms with Crippen molar-refractivity contribution in [2.45, 2.75) is 24.0 Å². The molecule has 3 rings (SSSR count). The fourth-order valence-corrected chi connectivity index (χ4v) is 3.82. The summed E-state index contributed by atoms with van der Waals surface area (Å²) in [7, 11) is 0. The van der Waals surface area contributed by atoms with Crippen LogP contribution in [0.25, 0.3) is 10.8 Å². The van der Waals surface area contributed by atoms with Gasteiger partial charge in [-0.1, -0.05) is 30.3 Å². The van der Waals surface area contributed by atoms with E-state index in [-0.39, 0.29) is 12.4 Å². The number of hydrogen-bond donors (Lipinski definition) is 3. The lowest BCUT2D eigenvalue weighted by Gasteiger charge is -2.26. The van der Waals surface area contributed by atoms with Crippen molar-refractivity contribution in [1.82, 2.24) is 0 Å². The lowest BCUT2D eigenvalue weighted by atomic mass is 9.96. The molecule has 0 spiro atoms. The van der Waals surface area contributed by atoms with E-state index < -0.39 is 24.3 Å². The van der Waals surface area contributed by atoms with E-state index in [1.807, 2.05) is 18.4 Å². The Hall–Kier alpha value is -3.49. The predicted molar refractivity (Wildman–Crippen MR) is 129 cm³/mol. The zero-order valence-corrected chi connectivity index (χ0v) is 19.0. The highest BCUT2D eigenvalue weighted by Gasteiger charge is 2.28. The molecule has 0 fully saturated rings. The minimum absolute atomic E-state index is 0.0838. The van der Waals surface area contributed by atoms with Gasteiger partial charge in [0.2, 0.25) is 0 Å². The first-order chi connectivity index (χ1) is 15.9. The zero-order valence-electron chi connectivity index (χ0n) is 18.2. The van der Waals surface area contributed by atoms with E-state index >= 15 is 0 Å². The molecule has 172 valence electrons. The maximum atomic E-state index is 12.8. The second kappa shape index (κ2) is 11.4. The first-order valence-corrected chi connectivity index (χ1v) is 11.5. The number of carbonyl (C=O) groups excluding carboxylic acids is 1. The highest BCUT2D eigenvalue weighted by Crippen LogP contribution is 2.35. The van der Waals surface area contributed by atoms with Crippen LogP contribution in [0.5, 0.6) is 5.75 Å². The molecule has 0 unspecified atom stereocenters. The Bertz CT molecular complexity index is 1150. The fourth-order valence-electron chi connectivity index (χ4n) is 3.41. The van der Waals surface area contributed by atoms with E-state index in [0.29, 0.717) is 22.0 Å². The molecule has 33 heavy (non-hydrogen) atoms. The number of aromatic hydroxyl groups is 1. The molecule has 8 heteroatoms. The highest BCUT2D eigenvalue weighted by atomic mass is 32.2. The Morgan fingerprint density at radius 1 is 1.06 bits per heavy atom. The third-order valence-corrected chi connectivity index (χ3v) is 5.64. The molecule has 0 radical (unpaired) electrons. The number of thioether (sulfide) groups is 1. The molecule has 3 aromatic carbocycles. The van der Waals surface area contributed by atoms with Crippen molar-refractivity contribution in [3.63, 3.8) is 0 Å². The average molecular weight is 468 g/mol. The molecule has 1 amide bonds. The summed E-state index contributed by atoms with van der Waals surface area (Å²) in [5.41, 5.74) is 1.13. The monoisotopic (exact) mass is 467 g/mol. The number of hydrogen-bond acceptors (Lipinski definition) is 6. The van der Waals surface area contributed by atoms with E-state index in [4.69, 9.17) is 14.6 Å². The summed E-state index contributed by atoms with van der Waals surface area (Å²) < 4.78 is 11.5. The molecule has 0 aliphatic rings. The number of anilines is 1. The summed E-state index contributed by atoms with van der Waals surface area (Å²) in [6.45, 7) is 2.03. The summed E-state index contributed by atoms with van der Waals surface area (Å²) >= 11 is 1.59. The number of carboxylic acid groups (broad SMARTS) is 1. The SMILES string of the molecule is CCO[C@@H](/C=C/C(=O)O)[C@@H](OC(=O)Nc1ccc(SC)cc1)c1ccc(O)c2ccccc12. The molecule has 3 N–H and O–H groups in total. The topological polar surface area (TPSA) is 105 Å². The van der Waals surface area contributed by atoms with Crippen molar-refractivity contribution in [1.29, 1.82) is 0 Å². The molecular weight excluding hydrogens is 442 g/mol. The van der Waals surface area contributed by atoms with Gasteiger partial charge < -0.3 is 19.7 Å². The Balaban J connectivity index is 1.98. The number of benzene rings is 3. The van der Waals surface area contributed by atoms with Gasteiger partial charge in [-0.15, -0.1) is 11.8 Å². The van der Waals surface area contributed by atoms with Crippen LogP contribution in [-0.4, -0.2) is 41.2 Å². The molecule has 0 saturated carbocycles. The number of rotatable bonds is 9. The largest absolute Gasteiger partial charge is 0.507 e. The first-order valence-electron chi connectivity index (χ1n) is 10.3. The average Bonchev–Trinajstić information content (AvgIpc) is 2.81. The van der Waals surface area contributed by atoms with Gasteiger partial charge in [0.1, 0.15) is 11.9 Å². The Labute approximate surface area is 196 Å². The van der Waals surface area contributed by atoms with Crippen LogP contribution in [-0.2, 0) is 14.3 Å². The van der Waals surface area contributed by atoms with Crippen molar-refractivity contribution in [2.24, 2.45) is 0 Å². The zero-order chi connectivity index (χ0) is 23.8. The van der Waals surface area contributed by atoms with Gasteiger partial charge in [-0.3, -0.25) is 5.32 Å². The summed E-state index contributed by atoms with van der Waals surface area (Å²) in [5.74, 6) is -1.06. The van der Waals surface area contributed by atoms with Crippen molar-refractivity contribution < 1.29 is 29.3 Å². The summed E-state index contributed by atoms with van der Waals surface area (Å²) in [6.07, 6.45) is 1.70. The summed E-state index contributed by atoms with van der Waals surface area (Å²) in [6, 6.07) is 17.6. The third-order valence-electron chi connectivity index (χ3n) is 4.90. The molecule has 0 aromatic heterocycles. The Morgan fingerprint density at radius 2 is 1.76 bits per heavy atom. The molecule has 0 aliphatic carbocycles. The number of carboxylic acids is 1. The molecule has 0 bridgehead atoms. The van der Waals surface area contributed by atoms with Gasteiger partial charge >= 0.3 is 12.1 Å². The van der Waals surface area contributed by atoms with Crippen LogP contribution >= 0.6 is 11.8 Å². The lowest BCUT2D eigenvalue weighted by Crippen LogP contribution is -2.28. The number of amides is 1. The van der Waals surface area contributed by atoms with E-state index in [2.05, 4.69) is 5.32 Å².